The summed E-state index contributed by atoms with van der Waals surface area (Å²) >= 11 is 0. The van der Waals surface area contributed by atoms with Crippen molar-refractivity contribution in [2.75, 3.05) is 5.32 Å². The highest BCUT2D eigenvalue weighted by atomic mass is 19.1. The predicted molar refractivity (Wildman–Crippen MR) is 97.7 cm³/mol. The number of halogens is 1. The number of nitrogens with one attached hydrogen (secondary N) is 1. The van der Waals surface area contributed by atoms with Crippen molar-refractivity contribution in [1.82, 2.24) is 4.57 Å². The number of pyridine rings is 1. The molecule has 2 aromatic carbocycles. The summed E-state index contributed by atoms with van der Waals surface area (Å²) in [6, 6.07) is 9.72. The fourth-order valence-electron chi connectivity index (χ4n) is 3.04. The molecule has 4 nitrogen and oxygen atoms in total. The van der Waals surface area contributed by atoms with Gasteiger partial charge in [-0.15, -0.1) is 0 Å². The highest BCUT2D eigenvalue weighted by Crippen LogP contribution is 2.17. The summed E-state index contributed by atoms with van der Waals surface area (Å²) in [6.45, 7) is 6.34. The Morgan fingerprint density at radius 2 is 1.80 bits per heavy atom. The fraction of sp³-hybridized carbons (Fsp3) is 0.200. The number of nitrogens with zero attached hydrogens (tertiary/aromatic N) is 1. The third-order valence-electron chi connectivity index (χ3n) is 4.11. The Balaban J connectivity index is 2.09. The molecule has 3 aromatic rings. The number of rotatable bonds is 3. The van der Waals surface area contributed by atoms with Gasteiger partial charge in [0, 0.05) is 23.8 Å². The average molecular weight is 338 g/mol. The van der Waals surface area contributed by atoms with Gasteiger partial charge in [0.2, 0.25) is 5.43 Å². The van der Waals surface area contributed by atoms with E-state index in [1.54, 1.807) is 10.6 Å². The van der Waals surface area contributed by atoms with Crippen LogP contribution in [0.1, 0.15) is 28.4 Å². The number of amides is 1. The Labute approximate surface area is 144 Å². The molecule has 0 aliphatic carbocycles. The molecule has 0 radical (unpaired) electrons. The third-order valence-corrected chi connectivity index (χ3v) is 4.11. The molecular formula is C20H19FN2O2. The zero-order valence-electron chi connectivity index (χ0n) is 14.4. The lowest BCUT2D eigenvalue weighted by molar-refractivity contribution is 0.102. The molecule has 0 fully saturated rings. The molecule has 1 N–H and O–H groups in total. The number of hydrogen-bond donors (Lipinski definition) is 1. The van der Waals surface area contributed by atoms with E-state index >= 15 is 0 Å². The van der Waals surface area contributed by atoms with E-state index in [0.29, 0.717) is 17.7 Å². The lowest BCUT2D eigenvalue weighted by atomic mass is 10.1. The molecule has 1 aromatic heterocycles. The topological polar surface area (TPSA) is 51.1 Å². The van der Waals surface area contributed by atoms with Crippen LogP contribution in [0.3, 0.4) is 0 Å². The van der Waals surface area contributed by atoms with Crippen LogP contribution >= 0.6 is 0 Å². The minimum Gasteiger partial charge on any atom is -0.347 e. The third kappa shape index (κ3) is 3.31. The largest absolute Gasteiger partial charge is 0.347 e. The number of benzene rings is 2. The van der Waals surface area contributed by atoms with E-state index in [2.05, 4.69) is 5.32 Å². The molecule has 5 heteroatoms. The first kappa shape index (κ1) is 16.9. The van der Waals surface area contributed by atoms with Crippen LogP contribution in [0.5, 0.6) is 0 Å². The van der Waals surface area contributed by atoms with Crippen LogP contribution in [0.25, 0.3) is 10.9 Å². The van der Waals surface area contributed by atoms with Gasteiger partial charge >= 0.3 is 0 Å². The van der Waals surface area contributed by atoms with Gasteiger partial charge in [0.15, 0.2) is 0 Å². The summed E-state index contributed by atoms with van der Waals surface area (Å²) in [5, 5.41) is 2.97. The van der Waals surface area contributed by atoms with E-state index in [1.165, 1.54) is 18.3 Å². The summed E-state index contributed by atoms with van der Waals surface area (Å²) < 4.78 is 15.3. The highest BCUT2D eigenvalue weighted by Gasteiger charge is 2.16. The van der Waals surface area contributed by atoms with Crippen LogP contribution < -0.4 is 10.7 Å². The van der Waals surface area contributed by atoms with Gasteiger partial charge in [-0.3, -0.25) is 9.59 Å². The first-order valence-electron chi connectivity index (χ1n) is 8.11. The molecule has 3 rings (SSSR count). The SMILES string of the molecule is CCn1cc(C(=O)Nc2cc(C)cc(C)c2)c(=O)c2cc(F)ccc21. The van der Waals surface area contributed by atoms with Crippen molar-refractivity contribution >= 4 is 22.5 Å². The van der Waals surface area contributed by atoms with E-state index in [-0.39, 0.29) is 10.9 Å². The summed E-state index contributed by atoms with van der Waals surface area (Å²) in [4.78, 5) is 25.3. The molecule has 0 unspecified atom stereocenters. The maximum atomic E-state index is 13.6. The molecule has 0 atom stereocenters. The summed E-state index contributed by atoms with van der Waals surface area (Å²) in [5.74, 6) is -0.998. The maximum absolute atomic E-state index is 13.6. The minimum atomic E-state index is -0.501. The van der Waals surface area contributed by atoms with Crippen LogP contribution in [0.4, 0.5) is 10.1 Å². The standard InChI is InChI=1S/C20H19FN2O2/c1-4-23-11-17(19(24)16-10-14(21)5-6-18(16)23)20(25)22-15-8-12(2)7-13(3)9-15/h5-11H,4H2,1-3H3,(H,22,25). The minimum absolute atomic E-state index is 0.000825. The van der Waals surface area contributed by atoms with Crippen LogP contribution in [0.15, 0.2) is 47.4 Å². The van der Waals surface area contributed by atoms with Crippen LogP contribution in [-0.2, 0) is 6.54 Å². The summed E-state index contributed by atoms with van der Waals surface area (Å²) in [6.07, 6.45) is 1.53. The van der Waals surface area contributed by atoms with E-state index in [1.807, 2.05) is 39.0 Å². The van der Waals surface area contributed by atoms with Gasteiger partial charge in [0.05, 0.1) is 5.52 Å². The molecule has 0 bridgehead atoms. The van der Waals surface area contributed by atoms with Gasteiger partial charge in [-0.05, 0) is 62.2 Å². The van der Waals surface area contributed by atoms with Crippen molar-refractivity contribution in [3.63, 3.8) is 0 Å². The Bertz CT molecular complexity index is 1020. The number of carbonyl (C=O) groups is 1. The Morgan fingerprint density at radius 3 is 2.44 bits per heavy atom. The normalized spacial score (nSPS) is 10.9. The summed E-state index contributed by atoms with van der Waals surface area (Å²) in [7, 11) is 0. The second-order valence-corrected chi connectivity index (χ2v) is 6.15. The molecule has 0 spiro atoms. The number of anilines is 1. The van der Waals surface area contributed by atoms with Crippen molar-refractivity contribution in [2.45, 2.75) is 27.3 Å². The van der Waals surface area contributed by atoms with E-state index in [0.717, 1.165) is 11.1 Å². The maximum Gasteiger partial charge on any atom is 0.261 e. The fourth-order valence-corrected chi connectivity index (χ4v) is 3.04. The van der Waals surface area contributed by atoms with Crippen molar-refractivity contribution in [2.24, 2.45) is 0 Å². The molecule has 0 aliphatic heterocycles. The van der Waals surface area contributed by atoms with Gasteiger partial charge in [0.25, 0.3) is 5.91 Å². The predicted octanol–water partition coefficient (Wildman–Crippen LogP) is 4.03. The number of carbonyl (C=O) groups excluding carboxylic acids is 1. The Morgan fingerprint density at radius 1 is 1.12 bits per heavy atom. The molecule has 1 heterocycles. The van der Waals surface area contributed by atoms with Gasteiger partial charge in [-0.25, -0.2) is 4.39 Å². The summed E-state index contributed by atoms with van der Waals surface area (Å²) in [5.41, 5.74) is 2.80. The van der Waals surface area contributed by atoms with Crippen LogP contribution in [0.2, 0.25) is 0 Å². The van der Waals surface area contributed by atoms with E-state index < -0.39 is 17.2 Å². The first-order chi connectivity index (χ1) is 11.9. The molecule has 1 amide bonds. The van der Waals surface area contributed by atoms with Crippen molar-refractivity contribution < 1.29 is 9.18 Å². The monoisotopic (exact) mass is 338 g/mol. The number of hydrogen-bond acceptors (Lipinski definition) is 2. The Hall–Kier alpha value is -2.95. The van der Waals surface area contributed by atoms with Crippen LogP contribution in [-0.4, -0.2) is 10.5 Å². The van der Waals surface area contributed by atoms with Crippen molar-refractivity contribution in [1.29, 1.82) is 0 Å². The molecule has 0 aliphatic rings. The molecule has 25 heavy (non-hydrogen) atoms. The van der Waals surface area contributed by atoms with E-state index in [4.69, 9.17) is 0 Å². The second kappa shape index (κ2) is 6.51. The number of aryl methyl sites for hydroxylation is 3. The zero-order chi connectivity index (χ0) is 18.1. The quantitative estimate of drug-likeness (QED) is 0.784. The number of aromatic nitrogens is 1. The van der Waals surface area contributed by atoms with E-state index in [9.17, 15) is 14.0 Å². The molecule has 0 saturated carbocycles. The van der Waals surface area contributed by atoms with Gasteiger partial charge in [-0.2, -0.15) is 0 Å². The smallest absolute Gasteiger partial charge is 0.261 e. The van der Waals surface area contributed by atoms with Gasteiger partial charge in [-0.1, -0.05) is 6.07 Å². The molecule has 128 valence electrons. The van der Waals surface area contributed by atoms with Crippen molar-refractivity contribution in [3.8, 4) is 0 Å². The average Bonchev–Trinajstić information content (AvgIpc) is 2.54. The number of fused-ring (bicyclic) bond motifs is 1. The van der Waals surface area contributed by atoms with Gasteiger partial charge in [0.1, 0.15) is 11.4 Å². The zero-order valence-corrected chi connectivity index (χ0v) is 14.4. The van der Waals surface area contributed by atoms with Crippen molar-refractivity contribution in [3.05, 3.63) is 75.3 Å². The first-order valence-corrected chi connectivity index (χ1v) is 8.11. The van der Waals surface area contributed by atoms with Crippen LogP contribution in [0, 0.1) is 19.7 Å². The molecular weight excluding hydrogens is 319 g/mol. The second-order valence-electron chi connectivity index (χ2n) is 6.15. The lowest BCUT2D eigenvalue weighted by Crippen LogP contribution is -2.24. The highest BCUT2D eigenvalue weighted by molar-refractivity contribution is 6.05. The molecule has 0 saturated heterocycles. The van der Waals surface area contributed by atoms with Gasteiger partial charge < -0.3 is 9.88 Å². The Kier molecular flexibility index (Phi) is 4.40. The lowest BCUT2D eigenvalue weighted by Gasteiger charge is -2.12.